The van der Waals surface area contributed by atoms with Gasteiger partial charge in [-0.25, -0.2) is 0 Å². The fourth-order valence-electron chi connectivity index (χ4n) is 2.70. The number of aliphatic carboxylic acids is 1. The Morgan fingerprint density at radius 3 is 2.09 bits per heavy atom. The van der Waals surface area contributed by atoms with E-state index in [-0.39, 0.29) is 11.2 Å². The number of pyridine rings is 1. The highest BCUT2D eigenvalue weighted by Gasteiger charge is 2.04. The highest BCUT2D eigenvalue weighted by molar-refractivity contribution is 5.66. The van der Waals surface area contributed by atoms with Gasteiger partial charge in [0, 0.05) is 25.2 Å². The van der Waals surface area contributed by atoms with Gasteiger partial charge in [-0.3, -0.25) is 9.59 Å². The number of aryl methyl sites for hydroxylation is 1. The number of hydrogen-bond donors (Lipinski definition) is 2. The Morgan fingerprint density at radius 1 is 1.00 bits per heavy atom. The number of aromatic hydroxyl groups is 1. The molecule has 0 spiro atoms. The summed E-state index contributed by atoms with van der Waals surface area (Å²) in [5.74, 6) is -0.841. The van der Waals surface area contributed by atoms with Crippen LogP contribution in [0.3, 0.4) is 0 Å². The van der Waals surface area contributed by atoms with Gasteiger partial charge in [-0.1, -0.05) is 44.9 Å². The van der Waals surface area contributed by atoms with Crippen molar-refractivity contribution in [2.45, 2.75) is 77.7 Å². The first-order valence-corrected chi connectivity index (χ1v) is 8.63. The predicted octanol–water partition coefficient (Wildman–Crippen LogP) is 3.85. The van der Waals surface area contributed by atoms with Crippen LogP contribution in [0.5, 0.6) is 5.75 Å². The zero-order valence-corrected chi connectivity index (χ0v) is 14.1. The molecule has 0 unspecified atom stereocenters. The summed E-state index contributed by atoms with van der Waals surface area (Å²) in [5, 5.41) is 18.1. The maximum atomic E-state index is 11.3. The van der Waals surface area contributed by atoms with Gasteiger partial charge in [-0.15, -0.1) is 0 Å². The molecule has 0 aliphatic heterocycles. The lowest BCUT2D eigenvalue weighted by molar-refractivity contribution is -0.137. The quantitative estimate of drug-likeness (QED) is 0.573. The van der Waals surface area contributed by atoms with Gasteiger partial charge < -0.3 is 14.8 Å². The first kappa shape index (κ1) is 19.3. The van der Waals surface area contributed by atoms with E-state index in [1.165, 1.54) is 31.7 Å². The fraction of sp³-hybridized carbons (Fsp3) is 0.667. The Labute approximate surface area is 138 Å². The summed E-state index contributed by atoms with van der Waals surface area (Å²) in [6.45, 7) is 2.59. The summed E-state index contributed by atoms with van der Waals surface area (Å²) in [7, 11) is 0. The highest BCUT2D eigenvalue weighted by Crippen LogP contribution is 2.13. The number of nitrogens with zero attached hydrogens (tertiary/aromatic N) is 1. The topological polar surface area (TPSA) is 79.5 Å². The van der Waals surface area contributed by atoms with E-state index >= 15 is 0 Å². The average Bonchev–Trinajstić information content (AvgIpc) is 2.52. The molecule has 5 heteroatoms. The molecule has 2 N–H and O–H groups in total. The summed E-state index contributed by atoms with van der Waals surface area (Å²) >= 11 is 0. The maximum Gasteiger partial charge on any atom is 0.303 e. The van der Waals surface area contributed by atoms with Crippen LogP contribution in [0.15, 0.2) is 17.1 Å². The van der Waals surface area contributed by atoms with Crippen molar-refractivity contribution in [1.29, 1.82) is 0 Å². The summed E-state index contributed by atoms with van der Waals surface area (Å²) in [5.41, 5.74) is 0.320. The summed E-state index contributed by atoms with van der Waals surface area (Å²) < 4.78 is 1.93. The summed E-state index contributed by atoms with van der Waals surface area (Å²) in [6, 6.07) is 1.41. The lowest BCUT2D eigenvalue weighted by atomic mass is 10.1. The Kier molecular flexibility index (Phi) is 9.10. The standard InChI is InChI=1S/C18H29NO4/c1-15-18(23)16(20)12-14-19(15)13-10-8-6-4-2-3-5-7-9-11-17(21)22/h12,14,23H,2-11,13H2,1H3,(H,21,22). The molecule has 0 saturated carbocycles. The SMILES string of the molecule is Cc1c(O)c(=O)ccn1CCCCCCCCCCCC(=O)O. The van der Waals surface area contributed by atoms with Gasteiger partial charge in [0.05, 0.1) is 5.69 Å². The molecule has 0 aliphatic rings. The molecule has 1 heterocycles. The minimum atomic E-state index is -0.698. The minimum Gasteiger partial charge on any atom is -0.503 e. The van der Waals surface area contributed by atoms with Crippen molar-refractivity contribution in [3.8, 4) is 5.75 Å². The van der Waals surface area contributed by atoms with Crippen LogP contribution in [0.2, 0.25) is 0 Å². The van der Waals surface area contributed by atoms with Gasteiger partial charge in [0.1, 0.15) is 0 Å². The molecule has 0 bridgehead atoms. The van der Waals surface area contributed by atoms with Crippen molar-refractivity contribution >= 4 is 5.97 Å². The molecular weight excluding hydrogens is 294 g/mol. The first-order valence-electron chi connectivity index (χ1n) is 8.63. The Hall–Kier alpha value is -1.78. The number of unbranched alkanes of at least 4 members (excludes halogenated alkanes) is 8. The van der Waals surface area contributed by atoms with Crippen LogP contribution in [-0.2, 0) is 11.3 Å². The van der Waals surface area contributed by atoms with Gasteiger partial charge in [0.15, 0.2) is 5.75 Å². The normalized spacial score (nSPS) is 10.8. The van der Waals surface area contributed by atoms with Crippen molar-refractivity contribution in [2.24, 2.45) is 0 Å². The Morgan fingerprint density at radius 2 is 1.52 bits per heavy atom. The van der Waals surface area contributed by atoms with Gasteiger partial charge in [0.2, 0.25) is 5.43 Å². The Balaban J connectivity index is 2.01. The predicted molar refractivity (Wildman–Crippen MR) is 90.9 cm³/mol. The summed E-state index contributed by atoms with van der Waals surface area (Å²) in [6.07, 6.45) is 12.0. The lowest BCUT2D eigenvalue weighted by Gasteiger charge is -2.11. The van der Waals surface area contributed by atoms with Crippen molar-refractivity contribution in [3.63, 3.8) is 0 Å². The molecule has 0 fully saturated rings. The van der Waals surface area contributed by atoms with Crippen LogP contribution >= 0.6 is 0 Å². The van der Waals surface area contributed by atoms with Crippen LogP contribution in [0.4, 0.5) is 0 Å². The highest BCUT2D eigenvalue weighted by atomic mass is 16.4. The van der Waals surface area contributed by atoms with Crippen molar-refractivity contribution in [3.05, 3.63) is 28.2 Å². The van der Waals surface area contributed by atoms with Crippen LogP contribution < -0.4 is 5.43 Å². The van der Waals surface area contributed by atoms with Crippen LogP contribution in [-0.4, -0.2) is 20.7 Å². The second-order valence-corrected chi connectivity index (χ2v) is 6.13. The minimum absolute atomic E-state index is 0.143. The molecule has 23 heavy (non-hydrogen) atoms. The van der Waals surface area contributed by atoms with E-state index in [1.807, 2.05) is 4.57 Å². The average molecular weight is 323 g/mol. The molecule has 5 nitrogen and oxygen atoms in total. The number of rotatable bonds is 12. The van der Waals surface area contributed by atoms with Gasteiger partial charge >= 0.3 is 5.97 Å². The number of carboxylic acid groups (broad SMARTS) is 1. The van der Waals surface area contributed by atoms with Gasteiger partial charge in [0.25, 0.3) is 0 Å². The molecule has 0 radical (unpaired) electrons. The molecule has 130 valence electrons. The maximum absolute atomic E-state index is 11.3. The molecule has 0 atom stereocenters. The first-order chi connectivity index (χ1) is 11.0. The van der Waals surface area contributed by atoms with Gasteiger partial charge in [-0.2, -0.15) is 0 Å². The smallest absolute Gasteiger partial charge is 0.303 e. The van der Waals surface area contributed by atoms with E-state index in [9.17, 15) is 14.7 Å². The van der Waals surface area contributed by atoms with E-state index < -0.39 is 5.97 Å². The molecule has 1 rings (SSSR count). The van der Waals surface area contributed by atoms with E-state index in [4.69, 9.17) is 5.11 Å². The summed E-state index contributed by atoms with van der Waals surface area (Å²) in [4.78, 5) is 21.6. The number of aromatic nitrogens is 1. The molecule has 0 saturated heterocycles. The number of carbonyl (C=O) groups is 1. The van der Waals surface area contributed by atoms with Crippen LogP contribution in [0, 0.1) is 6.92 Å². The van der Waals surface area contributed by atoms with Crippen LogP contribution in [0.25, 0.3) is 0 Å². The molecule has 0 aromatic carbocycles. The second-order valence-electron chi connectivity index (χ2n) is 6.13. The van der Waals surface area contributed by atoms with Crippen molar-refractivity contribution in [2.75, 3.05) is 0 Å². The molecule has 0 amide bonds. The third-order valence-electron chi connectivity index (χ3n) is 4.20. The molecule has 1 aromatic rings. The van der Waals surface area contributed by atoms with Crippen molar-refractivity contribution < 1.29 is 15.0 Å². The third kappa shape index (κ3) is 7.86. The largest absolute Gasteiger partial charge is 0.503 e. The van der Waals surface area contributed by atoms with E-state index in [2.05, 4.69) is 0 Å². The zero-order chi connectivity index (χ0) is 17.1. The van der Waals surface area contributed by atoms with Crippen molar-refractivity contribution in [1.82, 2.24) is 4.57 Å². The van der Waals surface area contributed by atoms with E-state index in [0.717, 1.165) is 38.6 Å². The number of hydrogen-bond acceptors (Lipinski definition) is 3. The number of carboxylic acids is 1. The van der Waals surface area contributed by atoms with Gasteiger partial charge in [-0.05, 0) is 19.8 Å². The monoisotopic (exact) mass is 323 g/mol. The Bertz CT molecular complexity index is 536. The van der Waals surface area contributed by atoms with E-state index in [1.54, 1.807) is 13.1 Å². The lowest BCUT2D eigenvalue weighted by Crippen LogP contribution is -2.10. The second kappa shape index (κ2) is 10.9. The fourth-order valence-corrected chi connectivity index (χ4v) is 2.70. The van der Waals surface area contributed by atoms with E-state index in [0.29, 0.717) is 12.1 Å². The van der Waals surface area contributed by atoms with Crippen LogP contribution in [0.1, 0.15) is 69.9 Å². The zero-order valence-electron chi connectivity index (χ0n) is 14.1. The molecule has 0 aliphatic carbocycles. The molecular formula is C18H29NO4. The molecule has 1 aromatic heterocycles. The third-order valence-corrected chi connectivity index (χ3v) is 4.20.